The molecule has 11 rings (SSSR count). The SMILES string of the molecule is c1ccc(-c2ccccc2-c2ccc(N(c3ccc4c5ccccc5n(-c5ccccc5)c4c3)c3ccc(-c4cccc5ccccc45)cc3-c3ccccc3)cc2)cc1. The van der Waals surface area contributed by atoms with Crippen molar-refractivity contribution in [3.63, 3.8) is 0 Å². The molecule has 2 nitrogen and oxygen atoms in total. The maximum Gasteiger partial charge on any atom is 0.0561 e. The van der Waals surface area contributed by atoms with Crippen LogP contribution in [0.4, 0.5) is 17.1 Å². The van der Waals surface area contributed by atoms with E-state index in [0.717, 1.165) is 39.4 Å². The summed E-state index contributed by atoms with van der Waals surface area (Å²) in [5, 5.41) is 4.94. The Kier molecular flexibility index (Phi) is 8.87. The van der Waals surface area contributed by atoms with Crippen LogP contribution >= 0.6 is 0 Å². The summed E-state index contributed by atoms with van der Waals surface area (Å²) < 4.78 is 2.40. The second-order valence-electron chi connectivity index (χ2n) is 15.3. The summed E-state index contributed by atoms with van der Waals surface area (Å²) in [5.41, 5.74) is 16.3. The Bertz CT molecular complexity index is 3290. The Balaban J connectivity index is 1.14. The van der Waals surface area contributed by atoms with E-state index in [2.05, 4.69) is 252 Å². The fourth-order valence-electron chi connectivity index (χ4n) is 9.00. The zero-order valence-electron chi connectivity index (χ0n) is 33.0. The van der Waals surface area contributed by atoms with Crippen molar-refractivity contribution in [1.29, 1.82) is 0 Å². The van der Waals surface area contributed by atoms with Crippen molar-refractivity contribution < 1.29 is 0 Å². The first-order chi connectivity index (χ1) is 29.8. The van der Waals surface area contributed by atoms with Crippen LogP contribution in [0, 0.1) is 0 Å². The number of aromatic nitrogens is 1. The maximum absolute atomic E-state index is 2.44. The van der Waals surface area contributed by atoms with Crippen LogP contribution in [0.2, 0.25) is 0 Å². The number of rotatable bonds is 8. The molecular formula is C58H40N2. The second-order valence-corrected chi connectivity index (χ2v) is 15.3. The molecule has 60 heavy (non-hydrogen) atoms. The Morgan fingerprint density at radius 1 is 0.283 bits per heavy atom. The molecule has 0 fully saturated rings. The third-order valence-electron chi connectivity index (χ3n) is 11.8. The Hall–Kier alpha value is -7.94. The van der Waals surface area contributed by atoms with Gasteiger partial charge in [0.05, 0.1) is 16.7 Å². The van der Waals surface area contributed by atoms with E-state index in [1.807, 2.05) is 0 Å². The largest absolute Gasteiger partial charge is 0.310 e. The quantitative estimate of drug-likeness (QED) is 0.150. The predicted molar refractivity (Wildman–Crippen MR) is 255 cm³/mol. The standard InChI is InChI=1S/C58H40N2/c1-4-17-41(18-5-1)49-26-12-13-27-51(49)44-31-34-47(35-32-44)59(48-36-37-54-53-28-14-15-30-56(53)60(58(54)40-48)46-23-8-3-9-24-46)57-38-33-45(39-55(57)43-19-6-2-7-20-43)52-29-16-22-42-21-10-11-25-50(42)52/h1-40H. The molecule has 0 saturated carbocycles. The first-order valence-corrected chi connectivity index (χ1v) is 20.6. The zero-order chi connectivity index (χ0) is 39.8. The average molecular weight is 765 g/mol. The first-order valence-electron chi connectivity index (χ1n) is 20.6. The van der Waals surface area contributed by atoms with Gasteiger partial charge in [-0.05, 0) is 104 Å². The van der Waals surface area contributed by atoms with Gasteiger partial charge in [0.25, 0.3) is 0 Å². The summed E-state index contributed by atoms with van der Waals surface area (Å²) >= 11 is 0. The Morgan fingerprint density at radius 2 is 0.800 bits per heavy atom. The van der Waals surface area contributed by atoms with Crippen LogP contribution in [0.3, 0.4) is 0 Å². The summed E-state index contributed by atoms with van der Waals surface area (Å²) in [6.45, 7) is 0. The van der Waals surface area contributed by atoms with Gasteiger partial charge in [0, 0.05) is 33.4 Å². The van der Waals surface area contributed by atoms with Crippen LogP contribution in [0.1, 0.15) is 0 Å². The zero-order valence-corrected chi connectivity index (χ0v) is 33.0. The molecule has 0 aliphatic carbocycles. The summed E-state index contributed by atoms with van der Waals surface area (Å²) in [5.74, 6) is 0. The van der Waals surface area contributed by atoms with E-state index in [1.54, 1.807) is 0 Å². The second kappa shape index (κ2) is 15.1. The minimum atomic E-state index is 1.08. The molecule has 0 radical (unpaired) electrons. The molecule has 0 aliphatic heterocycles. The monoisotopic (exact) mass is 764 g/mol. The lowest BCUT2D eigenvalue weighted by Crippen LogP contribution is -2.11. The van der Waals surface area contributed by atoms with Crippen molar-refractivity contribution in [1.82, 2.24) is 4.57 Å². The lowest BCUT2D eigenvalue weighted by Gasteiger charge is -2.29. The highest BCUT2D eigenvalue weighted by atomic mass is 15.1. The van der Waals surface area contributed by atoms with Crippen molar-refractivity contribution in [2.24, 2.45) is 0 Å². The third kappa shape index (κ3) is 6.23. The molecule has 1 heterocycles. The molecule has 10 aromatic carbocycles. The summed E-state index contributed by atoms with van der Waals surface area (Å²) in [7, 11) is 0. The minimum absolute atomic E-state index is 1.08. The van der Waals surface area contributed by atoms with Crippen LogP contribution in [-0.2, 0) is 0 Å². The molecule has 11 aromatic rings. The van der Waals surface area contributed by atoms with Crippen molar-refractivity contribution in [2.75, 3.05) is 4.90 Å². The maximum atomic E-state index is 2.44. The summed E-state index contributed by atoms with van der Waals surface area (Å²) in [4.78, 5) is 2.44. The topological polar surface area (TPSA) is 8.17 Å². The van der Waals surface area contributed by atoms with Crippen molar-refractivity contribution in [3.8, 4) is 50.2 Å². The molecule has 0 spiro atoms. The highest BCUT2D eigenvalue weighted by Gasteiger charge is 2.21. The fraction of sp³-hybridized carbons (Fsp3) is 0. The van der Waals surface area contributed by atoms with Crippen LogP contribution in [0.15, 0.2) is 243 Å². The third-order valence-corrected chi connectivity index (χ3v) is 11.8. The molecule has 1 aromatic heterocycles. The molecule has 0 atom stereocenters. The lowest BCUT2D eigenvalue weighted by molar-refractivity contribution is 1.18. The predicted octanol–water partition coefficient (Wildman–Crippen LogP) is 16.1. The Labute approximate surface area is 350 Å². The number of para-hydroxylation sites is 2. The van der Waals surface area contributed by atoms with Crippen molar-refractivity contribution in [3.05, 3.63) is 243 Å². The van der Waals surface area contributed by atoms with E-state index in [9.17, 15) is 0 Å². The van der Waals surface area contributed by atoms with E-state index in [1.165, 1.54) is 60.4 Å². The van der Waals surface area contributed by atoms with Gasteiger partial charge in [-0.15, -0.1) is 0 Å². The van der Waals surface area contributed by atoms with E-state index in [-0.39, 0.29) is 0 Å². The molecule has 0 amide bonds. The molecule has 0 aliphatic rings. The molecule has 282 valence electrons. The van der Waals surface area contributed by atoms with Gasteiger partial charge in [-0.3, -0.25) is 0 Å². The van der Waals surface area contributed by atoms with Gasteiger partial charge in [-0.2, -0.15) is 0 Å². The molecule has 0 saturated heterocycles. The van der Waals surface area contributed by atoms with Gasteiger partial charge in [0.1, 0.15) is 0 Å². The summed E-state index contributed by atoms with van der Waals surface area (Å²) in [6, 6.07) is 88.0. The van der Waals surface area contributed by atoms with Crippen molar-refractivity contribution in [2.45, 2.75) is 0 Å². The molecular weight excluding hydrogens is 725 g/mol. The number of anilines is 3. The average Bonchev–Trinajstić information content (AvgIpc) is 3.66. The van der Waals surface area contributed by atoms with Crippen LogP contribution < -0.4 is 4.90 Å². The molecule has 2 heteroatoms. The summed E-state index contributed by atoms with van der Waals surface area (Å²) in [6.07, 6.45) is 0. The highest BCUT2D eigenvalue weighted by molar-refractivity contribution is 6.10. The van der Waals surface area contributed by atoms with E-state index in [4.69, 9.17) is 0 Å². The Morgan fingerprint density at radius 3 is 1.53 bits per heavy atom. The van der Waals surface area contributed by atoms with Crippen LogP contribution in [0.25, 0.3) is 82.8 Å². The number of fused-ring (bicyclic) bond motifs is 4. The number of hydrogen-bond acceptors (Lipinski definition) is 1. The van der Waals surface area contributed by atoms with Crippen molar-refractivity contribution >= 4 is 49.6 Å². The lowest BCUT2D eigenvalue weighted by atomic mass is 9.93. The highest BCUT2D eigenvalue weighted by Crippen LogP contribution is 2.46. The fourth-order valence-corrected chi connectivity index (χ4v) is 9.00. The normalized spacial score (nSPS) is 11.3. The molecule has 0 N–H and O–H groups in total. The molecule has 0 unspecified atom stereocenters. The smallest absolute Gasteiger partial charge is 0.0561 e. The number of benzene rings is 10. The number of nitrogens with zero attached hydrogens (tertiary/aromatic N) is 2. The van der Waals surface area contributed by atoms with Gasteiger partial charge in [0.15, 0.2) is 0 Å². The molecule has 0 bridgehead atoms. The first kappa shape index (κ1) is 35.2. The number of hydrogen-bond donors (Lipinski definition) is 0. The van der Waals surface area contributed by atoms with E-state index in [0.29, 0.717) is 0 Å². The van der Waals surface area contributed by atoms with Crippen LogP contribution in [0.5, 0.6) is 0 Å². The van der Waals surface area contributed by atoms with E-state index >= 15 is 0 Å². The van der Waals surface area contributed by atoms with Gasteiger partial charge in [-0.1, -0.05) is 188 Å². The van der Waals surface area contributed by atoms with Gasteiger partial charge < -0.3 is 9.47 Å². The van der Waals surface area contributed by atoms with Crippen LogP contribution in [-0.4, -0.2) is 4.57 Å². The van der Waals surface area contributed by atoms with Gasteiger partial charge in [0.2, 0.25) is 0 Å². The van der Waals surface area contributed by atoms with E-state index < -0.39 is 0 Å². The van der Waals surface area contributed by atoms with Gasteiger partial charge in [-0.25, -0.2) is 0 Å². The minimum Gasteiger partial charge on any atom is -0.310 e. The van der Waals surface area contributed by atoms with Gasteiger partial charge >= 0.3 is 0 Å².